The van der Waals surface area contributed by atoms with Gasteiger partial charge in [0, 0.05) is 0 Å². The van der Waals surface area contributed by atoms with Crippen molar-refractivity contribution in [2.45, 2.75) is 45.4 Å². The van der Waals surface area contributed by atoms with Crippen molar-refractivity contribution in [2.24, 2.45) is 22.7 Å². The highest BCUT2D eigenvalue weighted by molar-refractivity contribution is 5.94. The minimum atomic E-state index is -0.181. The summed E-state index contributed by atoms with van der Waals surface area (Å²) in [6.45, 7) is 2.36. The van der Waals surface area contributed by atoms with Gasteiger partial charge in [0.05, 0.1) is 5.41 Å². The van der Waals surface area contributed by atoms with Gasteiger partial charge in [0.1, 0.15) is 0 Å². The molecule has 0 unspecified atom stereocenters. The summed E-state index contributed by atoms with van der Waals surface area (Å²) in [6, 6.07) is 0. The largest absolute Gasteiger partial charge is 0.291 e. The van der Waals surface area contributed by atoms with E-state index in [9.17, 15) is 4.79 Å². The van der Waals surface area contributed by atoms with Gasteiger partial charge in [-0.05, 0) is 61.0 Å². The lowest BCUT2D eigenvalue weighted by Crippen LogP contribution is -2.55. The number of rotatable bonds is 2. The van der Waals surface area contributed by atoms with Crippen molar-refractivity contribution in [1.82, 2.24) is 20.6 Å². The van der Waals surface area contributed by atoms with E-state index in [-0.39, 0.29) is 11.3 Å². The Bertz CT molecular complexity index is 497. The maximum Gasteiger partial charge on any atom is 0.269 e. The highest BCUT2D eigenvalue weighted by Gasteiger charge is 2.58. The number of anilines is 1. The first-order chi connectivity index (χ1) is 9.07. The van der Waals surface area contributed by atoms with Gasteiger partial charge in [-0.15, -0.1) is 5.10 Å². The zero-order valence-electron chi connectivity index (χ0n) is 11.1. The van der Waals surface area contributed by atoms with Gasteiger partial charge in [-0.2, -0.15) is 5.21 Å². The molecule has 1 aromatic rings. The van der Waals surface area contributed by atoms with Crippen LogP contribution in [0.4, 0.5) is 5.95 Å². The van der Waals surface area contributed by atoms with E-state index in [0.717, 1.165) is 31.1 Å². The monoisotopic (exact) mass is 261 g/mol. The van der Waals surface area contributed by atoms with Crippen molar-refractivity contribution in [1.29, 1.82) is 0 Å². The zero-order valence-corrected chi connectivity index (χ0v) is 11.1. The number of H-pyrrole nitrogens is 1. The summed E-state index contributed by atoms with van der Waals surface area (Å²) >= 11 is 0. The zero-order chi connectivity index (χ0) is 13.1. The lowest BCUT2D eigenvalue weighted by molar-refractivity contribution is -0.149. The Morgan fingerprint density at radius 3 is 2.63 bits per heavy atom. The molecule has 4 saturated carbocycles. The molecule has 1 aromatic heterocycles. The summed E-state index contributed by atoms with van der Waals surface area (Å²) < 4.78 is 0. The van der Waals surface area contributed by atoms with Gasteiger partial charge in [0.2, 0.25) is 5.91 Å². The summed E-state index contributed by atoms with van der Waals surface area (Å²) in [7, 11) is 0. The molecule has 4 fully saturated rings. The number of carbonyl (C=O) groups is 1. The van der Waals surface area contributed by atoms with E-state index < -0.39 is 0 Å². The fraction of sp³-hybridized carbons (Fsp3) is 0.846. The molecule has 0 radical (unpaired) electrons. The number of amides is 1. The number of hydrogen-bond acceptors (Lipinski definition) is 4. The number of aromatic amines is 1. The van der Waals surface area contributed by atoms with Crippen LogP contribution in [0.2, 0.25) is 0 Å². The van der Waals surface area contributed by atoms with Gasteiger partial charge in [-0.1, -0.05) is 12.0 Å². The van der Waals surface area contributed by atoms with Gasteiger partial charge < -0.3 is 0 Å². The molecular formula is C13H19N5O. The van der Waals surface area contributed by atoms with Gasteiger partial charge in [-0.25, -0.2) is 0 Å². The van der Waals surface area contributed by atoms with E-state index in [2.05, 4.69) is 32.9 Å². The Balaban J connectivity index is 1.61. The molecule has 5 rings (SSSR count). The molecule has 4 bridgehead atoms. The molecule has 4 aliphatic rings. The molecule has 6 heteroatoms. The van der Waals surface area contributed by atoms with Crippen LogP contribution in [0.5, 0.6) is 0 Å². The normalized spacial score (nSPS) is 43.4. The van der Waals surface area contributed by atoms with Crippen molar-refractivity contribution in [2.75, 3.05) is 5.32 Å². The molecule has 102 valence electrons. The lowest BCUT2D eigenvalue weighted by Gasteiger charge is -2.60. The van der Waals surface area contributed by atoms with Crippen molar-refractivity contribution in [3.05, 3.63) is 0 Å². The Hall–Kier alpha value is -1.46. The second-order valence-electron chi connectivity index (χ2n) is 7.24. The molecule has 2 atom stereocenters. The molecule has 0 saturated heterocycles. The van der Waals surface area contributed by atoms with E-state index in [0.29, 0.717) is 11.4 Å². The van der Waals surface area contributed by atoms with Crippen LogP contribution in [0.1, 0.15) is 45.4 Å². The van der Waals surface area contributed by atoms with Crippen LogP contribution in [0.3, 0.4) is 0 Å². The van der Waals surface area contributed by atoms with Crippen LogP contribution >= 0.6 is 0 Å². The standard InChI is InChI=1S/C13H19N5O/c1-12-3-8-2-9(4-12)6-13(5-8,7-12)10(19)14-11-15-17-18-16-11/h8-9H,2-7H2,1H3,(H2,14,15,16,17,18,19)/t8-,9-,12?,13?/m0/s1. The van der Waals surface area contributed by atoms with Crippen LogP contribution in [-0.2, 0) is 4.79 Å². The van der Waals surface area contributed by atoms with Gasteiger partial charge in [0.25, 0.3) is 5.95 Å². The van der Waals surface area contributed by atoms with Crippen molar-refractivity contribution in [3.63, 3.8) is 0 Å². The third kappa shape index (κ3) is 1.69. The fourth-order valence-corrected chi connectivity index (χ4v) is 5.43. The average molecular weight is 261 g/mol. The third-order valence-electron chi connectivity index (χ3n) is 5.41. The Kier molecular flexibility index (Phi) is 2.13. The van der Waals surface area contributed by atoms with Crippen molar-refractivity contribution >= 4 is 11.9 Å². The lowest BCUT2D eigenvalue weighted by atomic mass is 9.44. The quantitative estimate of drug-likeness (QED) is 0.849. The summed E-state index contributed by atoms with van der Waals surface area (Å²) in [4.78, 5) is 12.7. The molecular weight excluding hydrogens is 242 g/mol. The molecule has 6 nitrogen and oxygen atoms in total. The number of tetrazole rings is 1. The number of aromatic nitrogens is 4. The molecule has 1 heterocycles. The van der Waals surface area contributed by atoms with Crippen LogP contribution < -0.4 is 5.32 Å². The Morgan fingerprint density at radius 1 is 1.32 bits per heavy atom. The average Bonchev–Trinajstić information content (AvgIpc) is 2.78. The highest BCUT2D eigenvalue weighted by atomic mass is 16.2. The van der Waals surface area contributed by atoms with Crippen LogP contribution in [0, 0.1) is 22.7 Å². The summed E-state index contributed by atoms with van der Waals surface area (Å²) in [5, 5.41) is 16.3. The van der Waals surface area contributed by atoms with E-state index >= 15 is 0 Å². The number of nitrogens with zero attached hydrogens (tertiary/aromatic N) is 3. The molecule has 4 aliphatic carbocycles. The van der Waals surface area contributed by atoms with Crippen LogP contribution in [-0.4, -0.2) is 26.5 Å². The van der Waals surface area contributed by atoms with Crippen LogP contribution in [0.15, 0.2) is 0 Å². The molecule has 0 aliphatic heterocycles. The smallest absolute Gasteiger partial charge is 0.269 e. The number of hydrogen-bond donors (Lipinski definition) is 2. The van der Waals surface area contributed by atoms with E-state index in [1.165, 1.54) is 19.3 Å². The minimum Gasteiger partial charge on any atom is -0.291 e. The first kappa shape index (κ1) is 11.4. The Labute approximate surface area is 111 Å². The molecule has 0 aromatic carbocycles. The second-order valence-corrected chi connectivity index (χ2v) is 7.24. The minimum absolute atomic E-state index is 0.106. The first-order valence-corrected chi connectivity index (χ1v) is 7.12. The highest BCUT2D eigenvalue weighted by Crippen LogP contribution is 2.65. The van der Waals surface area contributed by atoms with E-state index in [1.54, 1.807) is 0 Å². The SMILES string of the molecule is CC12C[C@@H]3C[C@@H](C1)CC(C(=O)Nc1nn[nH]n1)(C3)C2. The summed E-state index contributed by atoms with van der Waals surface area (Å²) in [5.41, 5.74) is 0.193. The van der Waals surface area contributed by atoms with Gasteiger partial charge in [0.15, 0.2) is 0 Å². The maximum absolute atomic E-state index is 12.7. The van der Waals surface area contributed by atoms with Crippen molar-refractivity contribution < 1.29 is 4.79 Å². The predicted octanol–water partition coefficient (Wildman–Crippen LogP) is 1.74. The predicted molar refractivity (Wildman–Crippen MR) is 68.0 cm³/mol. The van der Waals surface area contributed by atoms with Crippen LogP contribution in [0.25, 0.3) is 0 Å². The Morgan fingerprint density at radius 2 is 2.05 bits per heavy atom. The number of carbonyl (C=O) groups excluding carboxylic acids is 1. The molecule has 0 spiro atoms. The summed E-state index contributed by atoms with van der Waals surface area (Å²) in [5.74, 6) is 1.88. The first-order valence-electron chi connectivity index (χ1n) is 7.12. The molecule has 2 N–H and O–H groups in total. The summed E-state index contributed by atoms with van der Waals surface area (Å²) in [6.07, 6.45) is 7.05. The second kappa shape index (κ2) is 3.55. The van der Waals surface area contributed by atoms with E-state index in [4.69, 9.17) is 0 Å². The van der Waals surface area contributed by atoms with Crippen molar-refractivity contribution in [3.8, 4) is 0 Å². The molecule has 1 amide bonds. The van der Waals surface area contributed by atoms with Gasteiger partial charge >= 0.3 is 0 Å². The van der Waals surface area contributed by atoms with E-state index in [1.807, 2.05) is 0 Å². The maximum atomic E-state index is 12.7. The third-order valence-corrected chi connectivity index (χ3v) is 5.41. The topological polar surface area (TPSA) is 83.6 Å². The fourth-order valence-electron chi connectivity index (χ4n) is 5.43. The molecule has 19 heavy (non-hydrogen) atoms. The number of nitrogens with one attached hydrogen (secondary N) is 2. The van der Waals surface area contributed by atoms with Gasteiger partial charge in [-0.3, -0.25) is 10.1 Å².